The van der Waals surface area contributed by atoms with Gasteiger partial charge in [0.2, 0.25) is 5.92 Å². The summed E-state index contributed by atoms with van der Waals surface area (Å²) in [6.45, 7) is 0. The second-order valence-electron chi connectivity index (χ2n) is 8.34. The summed E-state index contributed by atoms with van der Waals surface area (Å²) in [5.74, 6) is -3.51. The van der Waals surface area contributed by atoms with Crippen LogP contribution in [0.3, 0.4) is 0 Å². The molecule has 3 aromatic heterocycles. The molecular formula is C24H22F2N4O3. The van der Waals surface area contributed by atoms with Crippen LogP contribution in [0.15, 0.2) is 65.5 Å². The van der Waals surface area contributed by atoms with Crippen molar-refractivity contribution >= 4 is 17.0 Å². The summed E-state index contributed by atoms with van der Waals surface area (Å²) in [7, 11) is 0. The monoisotopic (exact) mass is 452 g/mol. The Hall–Kier alpha value is -3.59. The zero-order valence-corrected chi connectivity index (χ0v) is 17.6. The maximum absolute atomic E-state index is 13.8. The Balaban J connectivity index is 1.38. The lowest BCUT2D eigenvalue weighted by molar-refractivity contribution is -0.0768. The van der Waals surface area contributed by atoms with E-state index in [0.29, 0.717) is 17.5 Å². The highest BCUT2D eigenvalue weighted by molar-refractivity contribution is 5.95. The van der Waals surface area contributed by atoms with E-state index in [-0.39, 0.29) is 18.5 Å². The molecule has 0 aliphatic heterocycles. The first-order chi connectivity index (χ1) is 15.9. The van der Waals surface area contributed by atoms with Gasteiger partial charge in [-0.15, -0.1) is 0 Å². The normalized spacial score (nSPS) is 20.1. The number of rotatable bonds is 5. The van der Waals surface area contributed by atoms with E-state index in [0.717, 1.165) is 16.8 Å². The van der Waals surface area contributed by atoms with Gasteiger partial charge in [-0.3, -0.25) is 4.79 Å². The van der Waals surface area contributed by atoms with Crippen LogP contribution >= 0.6 is 0 Å². The van der Waals surface area contributed by atoms with Gasteiger partial charge in [-0.25, -0.2) is 18.4 Å². The molecule has 3 heterocycles. The van der Waals surface area contributed by atoms with Crippen molar-refractivity contribution in [2.45, 2.75) is 43.8 Å². The van der Waals surface area contributed by atoms with Gasteiger partial charge in [-0.2, -0.15) is 5.10 Å². The molecule has 1 aromatic carbocycles. The highest BCUT2D eigenvalue weighted by atomic mass is 19.3. The molecule has 1 fully saturated rings. The summed E-state index contributed by atoms with van der Waals surface area (Å²) in [6, 6.07) is 11.9. The van der Waals surface area contributed by atoms with Gasteiger partial charge in [0.25, 0.3) is 5.91 Å². The Labute approximate surface area is 188 Å². The van der Waals surface area contributed by atoms with Crippen molar-refractivity contribution in [2.75, 3.05) is 0 Å². The van der Waals surface area contributed by atoms with E-state index >= 15 is 0 Å². The van der Waals surface area contributed by atoms with E-state index < -0.39 is 30.4 Å². The maximum Gasteiger partial charge on any atom is 0.270 e. The average Bonchev–Trinajstić information content (AvgIpc) is 3.49. The molecule has 33 heavy (non-hydrogen) atoms. The maximum atomic E-state index is 13.8. The van der Waals surface area contributed by atoms with Crippen LogP contribution in [0.5, 0.6) is 0 Å². The summed E-state index contributed by atoms with van der Waals surface area (Å²) in [6.07, 6.45) is 3.48. The minimum Gasteiger partial charge on any atom is -0.462 e. The fourth-order valence-electron chi connectivity index (χ4n) is 4.19. The molecule has 1 aliphatic carbocycles. The van der Waals surface area contributed by atoms with Crippen molar-refractivity contribution in [3.8, 4) is 5.69 Å². The minimum atomic E-state index is -2.91. The number of furan rings is 1. The molecule has 0 spiro atoms. The van der Waals surface area contributed by atoms with Crippen molar-refractivity contribution in [1.82, 2.24) is 20.1 Å². The fourth-order valence-corrected chi connectivity index (χ4v) is 4.19. The van der Waals surface area contributed by atoms with Gasteiger partial charge in [0, 0.05) is 43.3 Å². The number of carbonyl (C=O) groups is 1. The van der Waals surface area contributed by atoms with Crippen molar-refractivity contribution < 1.29 is 23.1 Å². The van der Waals surface area contributed by atoms with Crippen molar-refractivity contribution in [3.63, 3.8) is 0 Å². The number of nitrogens with one attached hydrogen (secondary N) is 1. The lowest BCUT2D eigenvalue weighted by Crippen LogP contribution is -2.50. The number of fused-ring (bicyclic) bond motifs is 1. The number of hydrogen-bond donors (Lipinski definition) is 2. The van der Waals surface area contributed by atoms with Crippen LogP contribution in [0.2, 0.25) is 0 Å². The van der Waals surface area contributed by atoms with Crippen molar-refractivity contribution in [1.29, 1.82) is 0 Å². The molecule has 2 N–H and O–H groups in total. The molecule has 2 unspecified atom stereocenters. The Morgan fingerprint density at radius 3 is 2.85 bits per heavy atom. The van der Waals surface area contributed by atoms with E-state index in [2.05, 4.69) is 15.4 Å². The third-order valence-corrected chi connectivity index (χ3v) is 5.93. The van der Waals surface area contributed by atoms with Crippen LogP contribution in [-0.4, -0.2) is 43.8 Å². The molecule has 5 rings (SSSR count). The second-order valence-corrected chi connectivity index (χ2v) is 8.34. The summed E-state index contributed by atoms with van der Waals surface area (Å²) < 4.78 is 34.9. The number of halogens is 2. The quantitative estimate of drug-likeness (QED) is 0.479. The van der Waals surface area contributed by atoms with Crippen LogP contribution in [-0.2, 0) is 6.42 Å². The van der Waals surface area contributed by atoms with Crippen LogP contribution in [0.1, 0.15) is 40.9 Å². The third kappa shape index (κ3) is 4.49. The zero-order valence-electron chi connectivity index (χ0n) is 17.6. The van der Waals surface area contributed by atoms with E-state index in [9.17, 15) is 18.7 Å². The Kier molecular flexibility index (Phi) is 5.41. The lowest BCUT2D eigenvalue weighted by Gasteiger charge is -2.33. The summed E-state index contributed by atoms with van der Waals surface area (Å²) in [5.41, 5.74) is 3.81. The second kappa shape index (κ2) is 8.40. The number of amides is 1. The molecule has 1 aliphatic rings. The van der Waals surface area contributed by atoms with Crippen LogP contribution < -0.4 is 5.32 Å². The molecule has 2 atom stereocenters. The molecule has 9 heteroatoms. The van der Waals surface area contributed by atoms with E-state index in [1.165, 1.54) is 6.26 Å². The molecule has 1 saturated carbocycles. The summed E-state index contributed by atoms with van der Waals surface area (Å²) in [5, 5.41) is 16.8. The number of aliphatic hydroxyl groups is 1. The number of hydrogen-bond acceptors (Lipinski definition) is 5. The molecular weight excluding hydrogens is 430 g/mol. The number of pyridine rings is 1. The molecule has 0 radical (unpaired) electrons. The highest BCUT2D eigenvalue weighted by Crippen LogP contribution is 2.33. The third-order valence-electron chi connectivity index (χ3n) is 5.93. The standard InChI is InChI=1S/C24H22F2N4O3/c25-24(26)8-6-21(31)20(14-24)29-23(32)19-13-16(22-18(28-19)7-11-33-22)12-15-2-4-17(5-3-15)30-10-1-9-27-30/h1-5,7,9-11,13,20-21,31H,6,8,12,14H2,(H,29,32). The molecule has 4 aromatic rings. The predicted molar refractivity (Wildman–Crippen MR) is 116 cm³/mol. The Bertz CT molecular complexity index is 1270. The Morgan fingerprint density at radius 1 is 1.27 bits per heavy atom. The number of alkyl halides is 2. The van der Waals surface area contributed by atoms with Gasteiger partial charge in [0.15, 0.2) is 5.58 Å². The molecule has 7 nitrogen and oxygen atoms in total. The van der Waals surface area contributed by atoms with Gasteiger partial charge in [-0.1, -0.05) is 12.1 Å². The first-order valence-corrected chi connectivity index (χ1v) is 10.7. The molecule has 1 amide bonds. The van der Waals surface area contributed by atoms with E-state index in [1.807, 2.05) is 36.5 Å². The number of benzene rings is 1. The van der Waals surface area contributed by atoms with Gasteiger partial charge in [-0.05, 0) is 36.2 Å². The molecule has 170 valence electrons. The van der Waals surface area contributed by atoms with Crippen LogP contribution in [0.25, 0.3) is 16.8 Å². The fraction of sp³-hybridized carbons (Fsp3) is 0.292. The average molecular weight is 452 g/mol. The number of nitrogens with zero attached hydrogens (tertiary/aromatic N) is 3. The van der Waals surface area contributed by atoms with Gasteiger partial charge >= 0.3 is 0 Å². The smallest absolute Gasteiger partial charge is 0.270 e. The SMILES string of the molecule is O=C(NC1CC(F)(F)CCC1O)c1cc(Cc2ccc(-n3cccn3)cc2)c2occc2n1. The molecule has 0 saturated heterocycles. The van der Waals surface area contributed by atoms with E-state index in [1.54, 1.807) is 23.0 Å². The number of aromatic nitrogens is 3. The largest absolute Gasteiger partial charge is 0.462 e. The number of aliphatic hydroxyl groups excluding tert-OH is 1. The topological polar surface area (TPSA) is 93.2 Å². The zero-order chi connectivity index (χ0) is 23.0. The Morgan fingerprint density at radius 2 is 2.09 bits per heavy atom. The van der Waals surface area contributed by atoms with Crippen molar-refractivity contribution in [2.24, 2.45) is 0 Å². The first-order valence-electron chi connectivity index (χ1n) is 10.7. The first kappa shape index (κ1) is 21.3. The lowest BCUT2D eigenvalue weighted by atomic mass is 9.89. The number of carbonyl (C=O) groups excluding carboxylic acids is 1. The summed E-state index contributed by atoms with van der Waals surface area (Å²) >= 11 is 0. The van der Waals surface area contributed by atoms with Crippen LogP contribution in [0.4, 0.5) is 8.78 Å². The van der Waals surface area contributed by atoms with Gasteiger partial charge < -0.3 is 14.8 Å². The predicted octanol–water partition coefficient (Wildman–Crippen LogP) is 3.88. The van der Waals surface area contributed by atoms with Gasteiger partial charge in [0.1, 0.15) is 11.2 Å². The van der Waals surface area contributed by atoms with Crippen molar-refractivity contribution in [3.05, 3.63) is 77.9 Å². The van der Waals surface area contributed by atoms with Crippen LogP contribution in [0, 0.1) is 0 Å². The van der Waals surface area contributed by atoms with Gasteiger partial charge in [0.05, 0.1) is 24.1 Å². The highest BCUT2D eigenvalue weighted by Gasteiger charge is 2.41. The van der Waals surface area contributed by atoms with E-state index in [4.69, 9.17) is 4.42 Å². The molecule has 0 bridgehead atoms. The summed E-state index contributed by atoms with van der Waals surface area (Å²) in [4.78, 5) is 17.2. The minimum absolute atomic E-state index is 0.0636.